The lowest BCUT2D eigenvalue weighted by molar-refractivity contribution is -0.121. The topological polar surface area (TPSA) is 46.9 Å². The van der Waals surface area contributed by atoms with E-state index in [1.54, 1.807) is 0 Å². The van der Waals surface area contributed by atoms with Gasteiger partial charge in [-0.15, -0.1) is 0 Å². The van der Waals surface area contributed by atoms with Crippen molar-refractivity contribution in [2.75, 3.05) is 6.54 Å². The van der Waals surface area contributed by atoms with Gasteiger partial charge in [-0.25, -0.2) is 4.98 Å². The van der Waals surface area contributed by atoms with Crippen LogP contribution in [-0.2, 0) is 24.2 Å². The highest BCUT2D eigenvalue weighted by Gasteiger charge is 2.11. The number of hydrogen-bond acceptors (Lipinski definition) is 2. The van der Waals surface area contributed by atoms with Crippen molar-refractivity contribution < 1.29 is 4.79 Å². The summed E-state index contributed by atoms with van der Waals surface area (Å²) in [4.78, 5) is 17.1. The zero-order valence-electron chi connectivity index (χ0n) is 17.3. The maximum atomic E-state index is 12.2. The molecular formula is C26H27N3O. The fraction of sp³-hybridized carbons (Fsp3) is 0.231. The fourth-order valence-corrected chi connectivity index (χ4v) is 3.67. The molecule has 0 saturated heterocycles. The molecule has 1 N–H and O–H groups in total. The molecule has 1 heterocycles. The number of nitrogens with one attached hydrogen (secondary N) is 1. The Hall–Kier alpha value is -3.40. The van der Waals surface area contributed by atoms with Crippen molar-refractivity contribution in [1.82, 2.24) is 14.9 Å². The Morgan fingerprint density at radius 2 is 1.60 bits per heavy atom. The molecule has 0 aliphatic heterocycles. The first-order valence-electron chi connectivity index (χ1n) is 10.5. The van der Waals surface area contributed by atoms with Crippen LogP contribution < -0.4 is 5.32 Å². The number of benzene rings is 3. The van der Waals surface area contributed by atoms with E-state index in [0.717, 1.165) is 29.8 Å². The van der Waals surface area contributed by atoms with Gasteiger partial charge in [0.2, 0.25) is 5.91 Å². The van der Waals surface area contributed by atoms with Crippen molar-refractivity contribution in [3.05, 3.63) is 101 Å². The predicted molar refractivity (Wildman–Crippen MR) is 121 cm³/mol. The molecule has 0 atom stereocenters. The van der Waals surface area contributed by atoms with Crippen LogP contribution >= 0.6 is 0 Å². The number of amides is 1. The maximum absolute atomic E-state index is 12.2. The van der Waals surface area contributed by atoms with Crippen molar-refractivity contribution in [2.24, 2.45) is 0 Å². The summed E-state index contributed by atoms with van der Waals surface area (Å²) in [6.45, 7) is 3.46. The van der Waals surface area contributed by atoms with Gasteiger partial charge in [0.05, 0.1) is 11.0 Å². The zero-order chi connectivity index (χ0) is 20.8. The first-order chi connectivity index (χ1) is 14.7. The number of rotatable bonds is 8. The van der Waals surface area contributed by atoms with Crippen LogP contribution in [0.3, 0.4) is 0 Å². The van der Waals surface area contributed by atoms with Gasteiger partial charge >= 0.3 is 0 Å². The minimum Gasteiger partial charge on any atom is -0.356 e. The Labute approximate surface area is 177 Å². The van der Waals surface area contributed by atoms with Gasteiger partial charge < -0.3 is 9.88 Å². The molecule has 1 aromatic heterocycles. The molecular weight excluding hydrogens is 370 g/mol. The highest BCUT2D eigenvalue weighted by Crippen LogP contribution is 2.18. The third kappa shape index (κ3) is 4.95. The van der Waals surface area contributed by atoms with E-state index in [4.69, 9.17) is 4.98 Å². The lowest BCUT2D eigenvalue weighted by Crippen LogP contribution is -2.26. The molecule has 152 valence electrons. The average molecular weight is 398 g/mol. The molecule has 30 heavy (non-hydrogen) atoms. The largest absolute Gasteiger partial charge is 0.356 e. The van der Waals surface area contributed by atoms with E-state index in [1.807, 2.05) is 36.4 Å². The molecule has 4 nitrogen and oxygen atoms in total. The third-order valence-electron chi connectivity index (χ3n) is 5.35. The van der Waals surface area contributed by atoms with Gasteiger partial charge in [-0.05, 0) is 36.6 Å². The average Bonchev–Trinajstić information content (AvgIpc) is 3.12. The smallest absolute Gasteiger partial charge is 0.220 e. The number of carbonyl (C=O) groups excluding carboxylic acids is 1. The van der Waals surface area contributed by atoms with Crippen molar-refractivity contribution in [3.8, 4) is 0 Å². The van der Waals surface area contributed by atoms with E-state index >= 15 is 0 Å². The summed E-state index contributed by atoms with van der Waals surface area (Å²) < 4.78 is 2.26. The molecule has 0 unspecified atom stereocenters. The second-order valence-corrected chi connectivity index (χ2v) is 7.67. The minimum atomic E-state index is 0.0834. The van der Waals surface area contributed by atoms with Crippen molar-refractivity contribution in [3.63, 3.8) is 0 Å². The fourth-order valence-electron chi connectivity index (χ4n) is 3.67. The molecule has 3 aromatic carbocycles. The Kier molecular flexibility index (Phi) is 6.23. The Morgan fingerprint density at radius 1 is 0.867 bits per heavy atom. The summed E-state index contributed by atoms with van der Waals surface area (Å²) in [5.74, 6) is 1.08. The summed E-state index contributed by atoms with van der Waals surface area (Å²) in [6, 6.07) is 26.9. The van der Waals surface area contributed by atoms with Gasteiger partial charge in [0.25, 0.3) is 0 Å². The molecule has 0 saturated carbocycles. The van der Waals surface area contributed by atoms with E-state index < -0.39 is 0 Å². The number of aromatic nitrogens is 2. The molecule has 4 aromatic rings. The first kappa shape index (κ1) is 19.9. The summed E-state index contributed by atoms with van der Waals surface area (Å²) >= 11 is 0. The summed E-state index contributed by atoms with van der Waals surface area (Å²) in [6.07, 6.45) is 1.97. The quantitative estimate of drug-likeness (QED) is 0.469. The Balaban J connectivity index is 1.40. The summed E-state index contributed by atoms with van der Waals surface area (Å²) in [5.41, 5.74) is 5.82. The number of hydrogen-bond donors (Lipinski definition) is 1. The van der Waals surface area contributed by atoms with Gasteiger partial charge in [-0.2, -0.15) is 0 Å². The van der Waals surface area contributed by atoms with Crippen LogP contribution in [0.25, 0.3) is 11.0 Å². The second-order valence-electron chi connectivity index (χ2n) is 7.67. The molecule has 0 radical (unpaired) electrons. The Morgan fingerprint density at radius 3 is 2.40 bits per heavy atom. The zero-order valence-corrected chi connectivity index (χ0v) is 17.3. The van der Waals surface area contributed by atoms with Crippen molar-refractivity contribution >= 4 is 16.9 Å². The number of imidazole rings is 1. The lowest BCUT2D eigenvalue weighted by atomic mass is 10.1. The lowest BCUT2D eigenvalue weighted by Gasteiger charge is -2.11. The molecule has 0 bridgehead atoms. The van der Waals surface area contributed by atoms with E-state index in [-0.39, 0.29) is 5.91 Å². The van der Waals surface area contributed by atoms with E-state index in [9.17, 15) is 4.79 Å². The van der Waals surface area contributed by atoms with Crippen LogP contribution in [-0.4, -0.2) is 22.0 Å². The molecule has 0 spiro atoms. The van der Waals surface area contributed by atoms with Gasteiger partial charge in [0.15, 0.2) is 0 Å². The number of carbonyl (C=O) groups is 1. The minimum absolute atomic E-state index is 0.0834. The van der Waals surface area contributed by atoms with Crippen LogP contribution in [0.2, 0.25) is 0 Å². The maximum Gasteiger partial charge on any atom is 0.220 e. The highest BCUT2D eigenvalue weighted by molar-refractivity contribution is 5.77. The van der Waals surface area contributed by atoms with Crippen LogP contribution in [0.15, 0.2) is 78.9 Å². The van der Waals surface area contributed by atoms with E-state index in [2.05, 4.69) is 59.3 Å². The number of fused-ring (bicyclic) bond motifs is 1. The number of aryl methyl sites for hydroxylation is 2. The van der Waals surface area contributed by atoms with Crippen molar-refractivity contribution in [1.29, 1.82) is 0 Å². The molecule has 4 heteroatoms. The highest BCUT2D eigenvalue weighted by atomic mass is 16.1. The molecule has 0 aliphatic rings. The third-order valence-corrected chi connectivity index (χ3v) is 5.35. The van der Waals surface area contributed by atoms with Gasteiger partial charge in [-0.3, -0.25) is 4.79 Å². The summed E-state index contributed by atoms with van der Waals surface area (Å²) in [5, 5.41) is 3.05. The van der Waals surface area contributed by atoms with E-state index in [1.165, 1.54) is 16.7 Å². The van der Waals surface area contributed by atoms with E-state index in [0.29, 0.717) is 19.4 Å². The summed E-state index contributed by atoms with van der Waals surface area (Å²) in [7, 11) is 0. The SMILES string of the molecule is Cc1ccc(Cn2c(CCNC(=O)CCc3ccccc3)nc3ccccc32)cc1. The first-order valence-corrected chi connectivity index (χ1v) is 10.5. The van der Waals surface area contributed by atoms with Crippen LogP contribution in [0.1, 0.15) is 28.9 Å². The normalized spacial score (nSPS) is 11.0. The molecule has 1 amide bonds. The molecule has 4 rings (SSSR count). The van der Waals surface area contributed by atoms with Gasteiger partial charge in [0.1, 0.15) is 5.82 Å². The standard InChI is InChI=1S/C26H27N3O/c1-20-11-13-22(14-12-20)19-29-24-10-6-5-9-23(24)28-25(29)17-18-27-26(30)16-15-21-7-3-2-4-8-21/h2-14H,15-19H2,1H3,(H,27,30). The predicted octanol–water partition coefficient (Wildman–Crippen LogP) is 4.68. The second kappa shape index (κ2) is 9.40. The van der Waals surface area contributed by atoms with Crippen LogP contribution in [0.5, 0.6) is 0 Å². The van der Waals surface area contributed by atoms with Crippen molar-refractivity contribution in [2.45, 2.75) is 32.7 Å². The number of para-hydroxylation sites is 2. The Bertz CT molecular complexity index is 1110. The molecule has 0 aliphatic carbocycles. The van der Waals surface area contributed by atoms with Crippen LogP contribution in [0.4, 0.5) is 0 Å². The number of nitrogens with zero attached hydrogens (tertiary/aromatic N) is 2. The molecule has 0 fully saturated rings. The van der Waals surface area contributed by atoms with Gasteiger partial charge in [0, 0.05) is 25.9 Å². The van der Waals surface area contributed by atoms with Gasteiger partial charge in [-0.1, -0.05) is 72.3 Å². The monoisotopic (exact) mass is 397 g/mol. The van der Waals surface area contributed by atoms with Crippen LogP contribution in [0, 0.1) is 6.92 Å².